The number of halogens is 1. The summed E-state index contributed by atoms with van der Waals surface area (Å²) in [4.78, 5) is 5.36. The lowest BCUT2D eigenvalue weighted by Gasteiger charge is -2.09. The number of aromatic hydroxyl groups is 1. The van der Waals surface area contributed by atoms with Gasteiger partial charge in [-0.3, -0.25) is 4.99 Å². The van der Waals surface area contributed by atoms with Crippen molar-refractivity contribution >= 4 is 33.0 Å². The molecule has 0 aliphatic carbocycles. The van der Waals surface area contributed by atoms with Gasteiger partial charge in [-0.25, -0.2) is 4.68 Å². The maximum atomic E-state index is 10.3. The zero-order valence-corrected chi connectivity index (χ0v) is 17.7. The van der Waals surface area contributed by atoms with Gasteiger partial charge in [-0.1, -0.05) is 28.1 Å². The first-order valence-corrected chi connectivity index (χ1v) is 10.1. The quantitative estimate of drug-likeness (QED) is 0.568. The molecule has 0 spiro atoms. The fraction of sp³-hybridized carbons (Fsp3) is 0.200. The topological polar surface area (TPSA) is 59.1 Å². The van der Waals surface area contributed by atoms with Crippen molar-refractivity contribution in [3.8, 4) is 22.8 Å². The number of thiazole rings is 1. The van der Waals surface area contributed by atoms with E-state index in [1.54, 1.807) is 36.6 Å². The first-order valence-electron chi connectivity index (χ1n) is 8.43. The number of hydrogen-bond donors (Lipinski definition) is 1. The third kappa shape index (κ3) is 4.31. The second-order valence-corrected chi connectivity index (χ2v) is 7.52. The predicted molar refractivity (Wildman–Crippen MR) is 114 cm³/mol. The van der Waals surface area contributed by atoms with Crippen molar-refractivity contribution in [1.82, 2.24) is 4.68 Å². The molecule has 1 N–H and O–H groups in total. The molecule has 0 unspecified atom stereocenters. The van der Waals surface area contributed by atoms with Crippen LogP contribution in [-0.4, -0.2) is 29.1 Å². The first kappa shape index (κ1) is 19.4. The van der Waals surface area contributed by atoms with Gasteiger partial charge in [-0.15, -0.1) is 11.3 Å². The van der Waals surface area contributed by atoms with Crippen LogP contribution in [0.25, 0.3) is 11.3 Å². The summed E-state index contributed by atoms with van der Waals surface area (Å²) in [6.45, 7) is 4.53. The number of benzene rings is 2. The van der Waals surface area contributed by atoms with E-state index in [9.17, 15) is 5.11 Å². The Morgan fingerprint density at radius 1 is 1.22 bits per heavy atom. The Morgan fingerprint density at radius 3 is 2.59 bits per heavy atom. The fourth-order valence-electron chi connectivity index (χ4n) is 2.61. The second-order valence-electron chi connectivity index (χ2n) is 5.77. The lowest BCUT2D eigenvalue weighted by molar-refractivity contribution is 0.407. The van der Waals surface area contributed by atoms with Gasteiger partial charge >= 0.3 is 0 Å². The standard InChI is InChI=1S/C20H20BrN3O2S/c1-4-22-20-24(18(12-27-20)14-5-7-15(21)8-6-14)23-13(2)17-10-9-16(26-3)11-19(17)25/h5-12,25H,4H2,1-3H3. The molecule has 140 valence electrons. The average Bonchev–Trinajstić information content (AvgIpc) is 3.05. The van der Waals surface area contributed by atoms with Gasteiger partial charge in [0.1, 0.15) is 11.5 Å². The molecule has 2 aromatic carbocycles. The highest BCUT2D eigenvalue weighted by molar-refractivity contribution is 9.10. The van der Waals surface area contributed by atoms with Crippen molar-refractivity contribution in [1.29, 1.82) is 0 Å². The largest absolute Gasteiger partial charge is 0.507 e. The van der Waals surface area contributed by atoms with E-state index in [2.05, 4.69) is 20.9 Å². The minimum Gasteiger partial charge on any atom is -0.507 e. The maximum Gasteiger partial charge on any atom is 0.206 e. The molecular formula is C20H20BrN3O2S. The molecule has 5 nitrogen and oxygen atoms in total. The first-order chi connectivity index (χ1) is 13.0. The number of aromatic nitrogens is 1. The summed E-state index contributed by atoms with van der Waals surface area (Å²) in [5.74, 6) is 0.732. The van der Waals surface area contributed by atoms with Gasteiger partial charge in [0, 0.05) is 33.6 Å². The van der Waals surface area contributed by atoms with Gasteiger partial charge in [-0.2, -0.15) is 5.10 Å². The number of nitrogens with zero attached hydrogens (tertiary/aromatic N) is 3. The molecule has 0 saturated carbocycles. The summed E-state index contributed by atoms with van der Waals surface area (Å²) in [6, 6.07) is 13.3. The van der Waals surface area contributed by atoms with Crippen molar-refractivity contribution < 1.29 is 9.84 Å². The van der Waals surface area contributed by atoms with Crippen LogP contribution in [0.15, 0.2) is 62.4 Å². The number of methoxy groups -OCH3 is 1. The molecule has 0 bridgehead atoms. The number of phenolic OH excluding ortho intramolecular Hbond substituents is 1. The summed E-state index contributed by atoms with van der Waals surface area (Å²) >= 11 is 5.01. The Morgan fingerprint density at radius 2 is 1.96 bits per heavy atom. The SMILES string of the molecule is CCN=c1scc(-c2ccc(Br)cc2)n1N=C(C)c1ccc(OC)cc1O. The summed E-state index contributed by atoms with van der Waals surface area (Å²) < 4.78 is 8.00. The monoisotopic (exact) mass is 445 g/mol. The molecule has 3 aromatic rings. The zero-order valence-electron chi connectivity index (χ0n) is 15.3. The summed E-state index contributed by atoms with van der Waals surface area (Å²) in [5.41, 5.74) is 3.33. The second kappa shape index (κ2) is 8.54. The molecule has 0 atom stereocenters. The van der Waals surface area contributed by atoms with Crippen molar-refractivity contribution in [2.45, 2.75) is 13.8 Å². The highest BCUT2D eigenvalue weighted by Gasteiger charge is 2.11. The highest BCUT2D eigenvalue weighted by atomic mass is 79.9. The molecule has 0 aliphatic heterocycles. The summed E-state index contributed by atoms with van der Waals surface area (Å²) in [6.07, 6.45) is 0. The van der Waals surface area contributed by atoms with Crippen molar-refractivity contribution in [2.75, 3.05) is 13.7 Å². The van der Waals surface area contributed by atoms with Crippen LogP contribution >= 0.6 is 27.3 Å². The molecular weight excluding hydrogens is 426 g/mol. The average molecular weight is 446 g/mol. The van der Waals surface area contributed by atoms with Crippen LogP contribution < -0.4 is 9.54 Å². The molecule has 0 aliphatic rings. The van der Waals surface area contributed by atoms with Crippen LogP contribution in [0, 0.1) is 0 Å². The Labute approximate surface area is 170 Å². The van der Waals surface area contributed by atoms with Crippen molar-refractivity contribution in [2.24, 2.45) is 10.1 Å². The molecule has 3 rings (SSSR count). The van der Waals surface area contributed by atoms with E-state index in [1.165, 1.54) is 0 Å². The van der Waals surface area contributed by atoms with Crippen molar-refractivity contribution in [3.05, 3.63) is 62.7 Å². The number of hydrogen-bond acceptors (Lipinski definition) is 5. The van der Waals surface area contributed by atoms with E-state index >= 15 is 0 Å². The van der Waals surface area contributed by atoms with Gasteiger partial charge in [0.25, 0.3) is 0 Å². The minimum atomic E-state index is 0.130. The Bertz CT molecular complexity index is 1040. The predicted octanol–water partition coefficient (Wildman–Crippen LogP) is 4.89. The van der Waals surface area contributed by atoms with Gasteiger partial charge in [0.15, 0.2) is 0 Å². The van der Waals surface area contributed by atoms with E-state index in [4.69, 9.17) is 9.84 Å². The van der Waals surface area contributed by atoms with Crippen LogP contribution in [0.4, 0.5) is 0 Å². The van der Waals surface area contributed by atoms with Crippen molar-refractivity contribution in [3.63, 3.8) is 0 Å². The van der Waals surface area contributed by atoms with E-state index in [-0.39, 0.29) is 5.75 Å². The molecule has 1 heterocycles. The number of ether oxygens (including phenoxy) is 1. The normalized spacial score (nSPS) is 12.4. The van der Waals surface area contributed by atoms with E-state index in [1.807, 2.05) is 48.2 Å². The van der Waals surface area contributed by atoms with Gasteiger partial charge in [-0.05, 0) is 38.1 Å². The van der Waals surface area contributed by atoms with Crippen LogP contribution in [-0.2, 0) is 0 Å². The molecule has 27 heavy (non-hydrogen) atoms. The lowest BCUT2D eigenvalue weighted by atomic mass is 10.1. The molecule has 0 amide bonds. The third-order valence-electron chi connectivity index (χ3n) is 3.96. The van der Waals surface area contributed by atoms with E-state index in [0.29, 0.717) is 23.6 Å². The van der Waals surface area contributed by atoms with Crippen LogP contribution in [0.5, 0.6) is 11.5 Å². The lowest BCUT2D eigenvalue weighted by Crippen LogP contribution is -2.14. The minimum absolute atomic E-state index is 0.130. The summed E-state index contributed by atoms with van der Waals surface area (Å²) in [7, 11) is 1.57. The third-order valence-corrected chi connectivity index (χ3v) is 5.35. The zero-order chi connectivity index (χ0) is 19.4. The molecule has 0 fully saturated rings. The van der Waals surface area contributed by atoms with Gasteiger partial charge in [0.05, 0.1) is 18.5 Å². The summed E-state index contributed by atoms with van der Waals surface area (Å²) in [5, 5.41) is 17.1. The Balaban J connectivity index is 2.12. The molecule has 0 radical (unpaired) electrons. The van der Waals surface area contributed by atoms with E-state index < -0.39 is 0 Å². The molecule has 7 heteroatoms. The van der Waals surface area contributed by atoms with Crippen LogP contribution in [0.1, 0.15) is 19.4 Å². The number of phenols is 1. The van der Waals surface area contributed by atoms with E-state index in [0.717, 1.165) is 20.5 Å². The van der Waals surface area contributed by atoms with Gasteiger partial charge in [0.2, 0.25) is 4.80 Å². The molecule has 0 saturated heterocycles. The highest BCUT2D eigenvalue weighted by Crippen LogP contribution is 2.26. The Kier molecular flexibility index (Phi) is 6.13. The fourth-order valence-corrected chi connectivity index (χ4v) is 3.77. The van der Waals surface area contributed by atoms with Gasteiger partial charge < -0.3 is 9.84 Å². The maximum absolute atomic E-state index is 10.3. The smallest absolute Gasteiger partial charge is 0.206 e. The van der Waals surface area contributed by atoms with Crippen LogP contribution in [0.2, 0.25) is 0 Å². The Hall–Kier alpha value is -2.38. The van der Waals surface area contributed by atoms with Crippen LogP contribution in [0.3, 0.4) is 0 Å². The number of rotatable bonds is 5. The molecule has 1 aromatic heterocycles.